The number of sulfonamides is 1. The largest absolute Gasteiger partial charge is 0.369 e. The lowest BCUT2D eigenvalue weighted by Crippen LogP contribution is -2.46. The van der Waals surface area contributed by atoms with E-state index in [0.717, 1.165) is 31.3 Å². The van der Waals surface area contributed by atoms with Crippen LogP contribution in [-0.4, -0.2) is 52.2 Å². The highest BCUT2D eigenvalue weighted by molar-refractivity contribution is 7.91. The molecule has 180 valence electrons. The van der Waals surface area contributed by atoms with Crippen molar-refractivity contribution in [1.29, 1.82) is 0 Å². The number of benzene rings is 1. The van der Waals surface area contributed by atoms with Gasteiger partial charge < -0.3 is 4.90 Å². The predicted molar refractivity (Wildman–Crippen MR) is 128 cm³/mol. The number of anilines is 1. The summed E-state index contributed by atoms with van der Waals surface area (Å²) < 4.78 is 54.0. The summed E-state index contributed by atoms with van der Waals surface area (Å²) in [5, 5.41) is 0. The molecule has 4 rings (SSSR count). The van der Waals surface area contributed by atoms with E-state index in [2.05, 4.69) is 14.7 Å². The zero-order chi connectivity index (χ0) is 23.6. The molecule has 8 nitrogen and oxygen atoms in total. The van der Waals surface area contributed by atoms with Crippen molar-refractivity contribution < 1.29 is 16.8 Å². The van der Waals surface area contributed by atoms with E-state index in [9.17, 15) is 16.8 Å². The van der Waals surface area contributed by atoms with Gasteiger partial charge in [-0.05, 0) is 43.5 Å². The smallest absolute Gasteiger partial charge is 0.242 e. The van der Waals surface area contributed by atoms with E-state index in [1.165, 1.54) is 31.4 Å². The summed E-state index contributed by atoms with van der Waals surface area (Å²) in [6.45, 7) is 3.03. The van der Waals surface area contributed by atoms with Gasteiger partial charge in [-0.1, -0.05) is 32.1 Å². The molecule has 1 aliphatic heterocycles. The summed E-state index contributed by atoms with van der Waals surface area (Å²) in [5.74, 6) is 1.36. The van der Waals surface area contributed by atoms with E-state index in [0.29, 0.717) is 24.7 Å². The Morgan fingerprint density at radius 2 is 1.73 bits per heavy atom. The second kappa shape index (κ2) is 9.68. The quantitative estimate of drug-likeness (QED) is 0.603. The first-order chi connectivity index (χ1) is 15.6. The Morgan fingerprint density at radius 3 is 2.36 bits per heavy atom. The molecule has 0 bridgehead atoms. The van der Waals surface area contributed by atoms with Crippen LogP contribution in [0.5, 0.6) is 0 Å². The minimum Gasteiger partial charge on any atom is -0.369 e. The zero-order valence-electron chi connectivity index (χ0n) is 19.1. The van der Waals surface area contributed by atoms with Crippen LogP contribution in [0, 0.1) is 5.92 Å². The van der Waals surface area contributed by atoms with Crippen molar-refractivity contribution in [1.82, 2.24) is 14.7 Å². The van der Waals surface area contributed by atoms with Gasteiger partial charge in [-0.3, -0.25) is 0 Å². The Kier molecular flexibility index (Phi) is 7.07. The highest BCUT2D eigenvalue weighted by atomic mass is 32.2. The number of nitrogens with one attached hydrogen (secondary N) is 1. The van der Waals surface area contributed by atoms with Crippen LogP contribution in [0.15, 0.2) is 46.5 Å². The normalized spacial score (nSPS) is 19.3. The highest BCUT2D eigenvalue weighted by Crippen LogP contribution is 2.36. The van der Waals surface area contributed by atoms with Crippen LogP contribution in [0.1, 0.15) is 57.2 Å². The summed E-state index contributed by atoms with van der Waals surface area (Å²) >= 11 is 0. The zero-order valence-corrected chi connectivity index (χ0v) is 20.8. The predicted octanol–water partition coefficient (Wildman–Crippen LogP) is 3.12. The Morgan fingerprint density at radius 1 is 1.06 bits per heavy atom. The van der Waals surface area contributed by atoms with Gasteiger partial charge in [0.1, 0.15) is 10.7 Å². The molecule has 1 aromatic carbocycles. The average molecular weight is 493 g/mol. The molecule has 0 radical (unpaired) electrons. The van der Waals surface area contributed by atoms with Crippen LogP contribution in [0.2, 0.25) is 0 Å². The highest BCUT2D eigenvalue weighted by Gasteiger charge is 2.34. The summed E-state index contributed by atoms with van der Waals surface area (Å²) in [7, 11) is -7.47. The van der Waals surface area contributed by atoms with E-state index in [-0.39, 0.29) is 21.8 Å². The Labute approximate surface area is 196 Å². The third-order valence-corrected chi connectivity index (χ3v) is 9.32. The number of hydrogen-bond acceptors (Lipinski definition) is 7. The summed E-state index contributed by atoms with van der Waals surface area (Å²) in [4.78, 5) is 10.5. The van der Waals surface area contributed by atoms with E-state index < -0.39 is 19.9 Å². The Bertz CT molecular complexity index is 1170. The topological polar surface area (TPSA) is 109 Å². The first-order valence-electron chi connectivity index (χ1n) is 11.5. The molecular formula is C23H32N4O4S2. The standard InChI is InChI=1S/C23H32N4O4S2/c1-17(13-18-7-4-3-5-8-18)26-33(30,31)22-14-20(32(2,28)29)9-10-21(22)27-15-19(16-27)23-24-11-6-12-25-23/h6,9-12,14,17-19,26H,3-5,7-8,13,15-16H2,1-2H3. The van der Waals surface area contributed by atoms with Gasteiger partial charge in [-0.15, -0.1) is 0 Å². The van der Waals surface area contributed by atoms with Crippen LogP contribution >= 0.6 is 0 Å². The monoisotopic (exact) mass is 492 g/mol. The Balaban J connectivity index is 1.57. The number of rotatable bonds is 8. The average Bonchev–Trinajstić information content (AvgIpc) is 2.73. The second-order valence-corrected chi connectivity index (χ2v) is 13.1. The molecular weight excluding hydrogens is 460 g/mol. The van der Waals surface area contributed by atoms with E-state index in [1.807, 2.05) is 11.8 Å². The molecule has 1 aromatic heterocycles. The Hall–Kier alpha value is -2.04. The minimum atomic E-state index is -3.91. The molecule has 0 amide bonds. The summed E-state index contributed by atoms with van der Waals surface area (Å²) in [6.07, 6.45) is 11.2. The van der Waals surface area contributed by atoms with Gasteiger partial charge in [0.15, 0.2) is 9.84 Å². The van der Waals surface area contributed by atoms with E-state index in [1.54, 1.807) is 24.5 Å². The van der Waals surface area contributed by atoms with Crippen LogP contribution in [-0.2, 0) is 19.9 Å². The third kappa shape index (κ3) is 5.73. The van der Waals surface area contributed by atoms with Crippen molar-refractivity contribution in [2.45, 2.75) is 67.2 Å². The van der Waals surface area contributed by atoms with Crippen molar-refractivity contribution in [3.05, 3.63) is 42.5 Å². The van der Waals surface area contributed by atoms with Gasteiger partial charge in [0.2, 0.25) is 10.0 Å². The molecule has 1 aliphatic carbocycles. The van der Waals surface area contributed by atoms with Crippen molar-refractivity contribution >= 4 is 25.5 Å². The number of nitrogens with zero attached hydrogens (tertiary/aromatic N) is 3. The molecule has 33 heavy (non-hydrogen) atoms. The molecule has 1 saturated heterocycles. The summed E-state index contributed by atoms with van der Waals surface area (Å²) in [6, 6.07) is 5.89. The van der Waals surface area contributed by atoms with Gasteiger partial charge in [-0.2, -0.15) is 0 Å². The number of aromatic nitrogens is 2. The second-order valence-electron chi connectivity index (χ2n) is 9.37. The summed E-state index contributed by atoms with van der Waals surface area (Å²) in [5.41, 5.74) is 0.506. The molecule has 1 unspecified atom stereocenters. The lowest BCUT2D eigenvalue weighted by molar-refractivity contribution is 0.316. The molecule has 10 heteroatoms. The molecule has 2 aromatic rings. The van der Waals surface area contributed by atoms with Crippen LogP contribution in [0.25, 0.3) is 0 Å². The fourth-order valence-corrected chi connectivity index (χ4v) is 7.09. The van der Waals surface area contributed by atoms with Crippen LogP contribution in [0.3, 0.4) is 0 Å². The molecule has 1 N–H and O–H groups in total. The fourth-order valence-electron chi connectivity index (χ4n) is 4.86. The van der Waals surface area contributed by atoms with Crippen molar-refractivity contribution in [2.24, 2.45) is 5.92 Å². The van der Waals surface area contributed by atoms with Crippen LogP contribution < -0.4 is 9.62 Å². The molecule has 1 atom stereocenters. The number of hydrogen-bond donors (Lipinski definition) is 1. The molecule has 1 saturated carbocycles. The minimum absolute atomic E-state index is 0.00461. The fraction of sp³-hybridized carbons (Fsp3) is 0.565. The maximum Gasteiger partial charge on any atom is 0.242 e. The van der Waals surface area contributed by atoms with E-state index >= 15 is 0 Å². The van der Waals surface area contributed by atoms with Crippen molar-refractivity contribution in [3.63, 3.8) is 0 Å². The van der Waals surface area contributed by atoms with E-state index in [4.69, 9.17) is 0 Å². The molecule has 2 fully saturated rings. The molecule has 2 heterocycles. The van der Waals surface area contributed by atoms with Gasteiger partial charge in [0.25, 0.3) is 0 Å². The SMILES string of the molecule is CC(CC1CCCCC1)NS(=O)(=O)c1cc(S(C)(=O)=O)ccc1N1CC(c2ncccn2)C1. The number of sulfone groups is 1. The third-order valence-electron chi connectivity index (χ3n) is 6.59. The first-order valence-corrected chi connectivity index (χ1v) is 14.9. The first kappa shape index (κ1) is 24.1. The van der Waals surface area contributed by atoms with Gasteiger partial charge >= 0.3 is 0 Å². The lowest BCUT2D eigenvalue weighted by Gasteiger charge is -2.41. The van der Waals surface area contributed by atoms with Crippen molar-refractivity contribution in [3.8, 4) is 0 Å². The lowest BCUT2D eigenvalue weighted by atomic mass is 9.85. The van der Waals surface area contributed by atoms with Crippen LogP contribution in [0.4, 0.5) is 5.69 Å². The van der Waals surface area contributed by atoms with Gasteiger partial charge in [0.05, 0.1) is 16.5 Å². The van der Waals surface area contributed by atoms with Gasteiger partial charge in [-0.25, -0.2) is 31.5 Å². The van der Waals surface area contributed by atoms with Crippen molar-refractivity contribution in [2.75, 3.05) is 24.2 Å². The molecule has 2 aliphatic rings. The van der Waals surface area contributed by atoms with Gasteiger partial charge in [0, 0.05) is 37.8 Å². The maximum atomic E-state index is 13.4. The maximum absolute atomic E-state index is 13.4. The molecule has 0 spiro atoms.